The molecule has 1 heterocycles. The first-order chi connectivity index (χ1) is 23.0. The van der Waals surface area contributed by atoms with E-state index in [-0.39, 0.29) is 43.4 Å². The number of hydrogen-bond donors (Lipinski definition) is 1. The second kappa shape index (κ2) is 14.2. The fourth-order valence-corrected chi connectivity index (χ4v) is 8.56. The van der Waals surface area contributed by atoms with Crippen molar-refractivity contribution < 1.29 is 36.6 Å². The summed E-state index contributed by atoms with van der Waals surface area (Å²) in [5.41, 5.74) is 1.63. The minimum absolute atomic E-state index is 0.0269. The molecule has 0 bridgehead atoms. The lowest BCUT2D eigenvalue weighted by molar-refractivity contribution is 0.0535. The maximum absolute atomic E-state index is 14.8. The van der Waals surface area contributed by atoms with E-state index < -0.39 is 39.0 Å². The van der Waals surface area contributed by atoms with E-state index in [2.05, 4.69) is 0 Å². The third-order valence-electron chi connectivity index (χ3n) is 9.11. The van der Waals surface area contributed by atoms with Crippen LogP contribution in [0.1, 0.15) is 61.7 Å². The van der Waals surface area contributed by atoms with Crippen LogP contribution >= 0.6 is 22.9 Å². The molecule has 2 amide bonds. The summed E-state index contributed by atoms with van der Waals surface area (Å²) in [6, 6.07) is 13.7. The van der Waals surface area contributed by atoms with Gasteiger partial charge in [-0.05, 0) is 99.9 Å². The monoisotopic (exact) mass is 732 g/mol. The van der Waals surface area contributed by atoms with E-state index in [0.717, 1.165) is 40.9 Å². The Kier molecular flexibility index (Phi) is 10.6. The number of rotatable bonds is 9. The lowest BCUT2D eigenvalue weighted by Crippen LogP contribution is -2.48. The Hall–Kier alpha value is -3.74. The van der Waals surface area contributed by atoms with E-state index in [0.29, 0.717) is 43.5 Å². The van der Waals surface area contributed by atoms with Gasteiger partial charge in [-0.2, -0.15) is 0 Å². The highest BCUT2D eigenvalue weighted by Gasteiger charge is 2.35. The van der Waals surface area contributed by atoms with E-state index in [1.165, 1.54) is 24.1 Å². The van der Waals surface area contributed by atoms with Crippen LogP contribution in [-0.4, -0.2) is 66.8 Å². The third kappa shape index (κ3) is 7.86. The smallest absolute Gasteiger partial charge is 0.407 e. The highest BCUT2D eigenvalue weighted by Crippen LogP contribution is 2.41. The van der Waals surface area contributed by atoms with Gasteiger partial charge in [0.25, 0.3) is 5.91 Å². The zero-order valence-electron chi connectivity index (χ0n) is 27.9. The highest BCUT2D eigenvalue weighted by atomic mass is 35.5. The van der Waals surface area contributed by atoms with Gasteiger partial charge in [-0.1, -0.05) is 29.8 Å². The lowest BCUT2D eigenvalue weighted by atomic mass is 9.84. The number of amides is 2. The summed E-state index contributed by atoms with van der Waals surface area (Å²) >= 11 is 7.42. The first-order valence-electron chi connectivity index (χ1n) is 15.8. The second-order valence-corrected chi connectivity index (χ2v) is 16.9. The van der Waals surface area contributed by atoms with Crippen molar-refractivity contribution in [1.82, 2.24) is 9.80 Å². The fraction of sp³-hybridized carbons (Fsp3) is 0.389. The molecule has 1 fully saturated rings. The number of carbonyl (C=O) groups is 2. The van der Waals surface area contributed by atoms with Gasteiger partial charge in [-0.25, -0.2) is 22.0 Å². The Labute approximate surface area is 294 Å². The minimum atomic E-state index is -3.38. The lowest BCUT2D eigenvalue weighted by Gasteiger charge is -2.40. The van der Waals surface area contributed by atoms with Crippen LogP contribution < -0.4 is 4.74 Å². The number of hydrogen-bond acceptors (Lipinski definition) is 6. The molecule has 5 rings (SSSR count). The number of ether oxygens (including phenoxy) is 1. The van der Waals surface area contributed by atoms with E-state index in [4.69, 9.17) is 16.3 Å². The van der Waals surface area contributed by atoms with E-state index in [9.17, 15) is 31.9 Å². The average molecular weight is 733 g/mol. The molecular formula is C36H39ClF2N2O6S2. The molecule has 1 saturated carbocycles. The number of methoxy groups -OCH3 is 1. The maximum Gasteiger partial charge on any atom is 0.407 e. The van der Waals surface area contributed by atoms with Crippen molar-refractivity contribution in [1.29, 1.82) is 0 Å². The van der Waals surface area contributed by atoms with Gasteiger partial charge in [-0.3, -0.25) is 4.79 Å². The van der Waals surface area contributed by atoms with Gasteiger partial charge >= 0.3 is 6.09 Å². The van der Waals surface area contributed by atoms with Crippen LogP contribution in [0.25, 0.3) is 21.2 Å². The Morgan fingerprint density at radius 3 is 2.14 bits per heavy atom. The van der Waals surface area contributed by atoms with Gasteiger partial charge in [0.1, 0.15) is 22.3 Å². The number of thiophene rings is 1. The summed E-state index contributed by atoms with van der Waals surface area (Å²) in [7, 11) is -1.86. The number of benzene rings is 3. The zero-order valence-corrected chi connectivity index (χ0v) is 30.3. The molecule has 13 heteroatoms. The first-order valence-corrected chi connectivity index (χ1v) is 18.9. The molecule has 0 radical (unpaired) electrons. The number of carboxylic acid groups (broad SMARTS) is 1. The Bertz CT molecular complexity index is 1990. The SMILES string of the molecule is COc1ccc(-c2ccc(S(C)(=O)=O)cc2)cc1CN(C(=O)c1sc2c(F)ccc(F)c2c1Cl)C1CCC(CN(C(=O)O)C(C)(C)C)CC1. The van der Waals surface area contributed by atoms with Crippen LogP contribution in [0.2, 0.25) is 5.02 Å². The van der Waals surface area contributed by atoms with E-state index in [1.54, 1.807) is 23.1 Å². The van der Waals surface area contributed by atoms with Crippen LogP contribution in [0.3, 0.4) is 0 Å². The maximum atomic E-state index is 14.8. The van der Waals surface area contributed by atoms with Crippen molar-refractivity contribution in [2.24, 2.45) is 5.92 Å². The van der Waals surface area contributed by atoms with Gasteiger partial charge in [0.2, 0.25) is 0 Å². The van der Waals surface area contributed by atoms with Gasteiger partial charge < -0.3 is 19.6 Å². The van der Waals surface area contributed by atoms with E-state index >= 15 is 0 Å². The Morgan fingerprint density at radius 2 is 1.59 bits per heavy atom. The number of fused-ring (bicyclic) bond motifs is 1. The van der Waals surface area contributed by atoms with Gasteiger partial charge in [0, 0.05) is 36.5 Å². The topological polar surface area (TPSA) is 104 Å². The molecule has 49 heavy (non-hydrogen) atoms. The standard InChI is InChI=1S/C36H39ClF2N2O6S2/c1-36(2,3)41(35(43)44)19-21-6-11-25(12-7-21)40(34(42)33-31(37)30-27(38)15-16-28(39)32(30)48-33)20-24-18-23(10-17-29(24)47-4)22-8-13-26(14-9-22)49(5,45)46/h8-10,13-18,21,25H,6-7,11-12,19-20H2,1-5H3,(H,43,44). The summed E-state index contributed by atoms with van der Waals surface area (Å²) in [6.07, 6.45) is 2.65. The van der Waals surface area contributed by atoms with Crippen LogP contribution in [0.4, 0.5) is 13.6 Å². The van der Waals surface area contributed by atoms with Crippen molar-refractivity contribution in [2.45, 2.75) is 69.5 Å². The summed E-state index contributed by atoms with van der Waals surface area (Å²) in [5, 5.41) is 9.56. The molecule has 4 aromatic rings. The molecule has 0 spiro atoms. The average Bonchev–Trinajstić information content (AvgIpc) is 3.41. The normalized spacial score (nSPS) is 16.8. The van der Waals surface area contributed by atoms with Gasteiger partial charge in [0.15, 0.2) is 9.84 Å². The van der Waals surface area contributed by atoms with Crippen LogP contribution in [-0.2, 0) is 16.4 Å². The first kappa shape index (κ1) is 36.5. The van der Waals surface area contributed by atoms with Crippen LogP contribution in [0.5, 0.6) is 5.75 Å². The predicted octanol–water partition coefficient (Wildman–Crippen LogP) is 8.89. The zero-order chi connectivity index (χ0) is 35.8. The van der Waals surface area contributed by atoms with Gasteiger partial charge in [-0.15, -0.1) is 11.3 Å². The molecule has 0 unspecified atom stereocenters. The summed E-state index contributed by atoms with van der Waals surface area (Å²) in [6.45, 7) is 6.03. The molecule has 0 atom stereocenters. The molecular weight excluding hydrogens is 694 g/mol. The van der Waals surface area contributed by atoms with Crippen LogP contribution in [0, 0.1) is 17.6 Å². The largest absolute Gasteiger partial charge is 0.496 e. The third-order valence-corrected chi connectivity index (χ3v) is 11.9. The van der Waals surface area contributed by atoms with Crippen LogP contribution in [0.15, 0.2) is 59.5 Å². The fourth-order valence-electron chi connectivity index (χ4n) is 6.43. The van der Waals surface area contributed by atoms with Crippen molar-refractivity contribution >= 4 is 54.9 Å². The molecule has 1 aliphatic rings. The molecule has 1 aliphatic carbocycles. The molecule has 1 aromatic heterocycles. The van der Waals surface area contributed by atoms with Crippen molar-refractivity contribution in [3.8, 4) is 16.9 Å². The number of sulfone groups is 1. The molecule has 8 nitrogen and oxygen atoms in total. The summed E-state index contributed by atoms with van der Waals surface area (Å²) in [4.78, 5) is 29.8. The summed E-state index contributed by atoms with van der Waals surface area (Å²) in [5.74, 6) is -1.26. The summed E-state index contributed by atoms with van der Waals surface area (Å²) < 4.78 is 59.3. The minimum Gasteiger partial charge on any atom is -0.496 e. The van der Waals surface area contributed by atoms with E-state index in [1.807, 2.05) is 32.9 Å². The highest BCUT2D eigenvalue weighted by molar-refractivity contribution is 7.90. The molecule has 0 saturated heterocycles. The number of halogens is 3. The molecule has 3 aromatic carbocycles. The van der Waals surface area contributed by atoms with Gasteiger partial charge in [0.05, 0.1) is 27.1 Å². The Balaban J connectivity index is 1.51. The molecule has 262 valence electrons. The van der Waals surface area contributed by atoms with Crippen molar-refractivity contribution in [3.05, 3.63) is 81.7 Å². The second-order valence-electron chi connectivity index (χ2n) is 13.5. The number of carbonyl (C=O) groups excluding carboxylic acids is 1. The quantitative estimate of drug-likeness (QED) is 0.184. The van der Waals surface area contributed by atoms with Crippen molar-refractivity contribution in [2.75, 3.05) is 19.9 Å². The predicted molar refractivity (Wildman–Crippen MR) is 188 cm³/mol. The Morgan fingerprint density at radius 1 is 0.980 bits per heavy atom. The molecule has 0 aliphatic heterocycles. The molecule has 1 N–H and O–H groups in total. The number of nitrogens with zero attached hydrogens (tertiary/aromatic N) is 2. The van der Waals surface area contributed by atoms with Crippen molar-refractivity contribution in [3.63, 3.8) is 0 Å².